The summed E-state index contributed by atoms with van der Waals surface area (Å²) in [4.78, 5) is 0. The molecule has 13 heavy (non-hydrogen) atoms. The van der Waals surface area contributed by atoms with Crippen molar-refractivity contribution in [3.8, 4) is 11.5 Å². The third-order valence-electron chi connectivity index (χ3n) is 1.71. The Morgan fingerprint density at radius 1 is 1.31 bits per heavy atom. The largest absolute Gasteiger partial charge is 0.508 e. The summed E-state index contributed by atoms with van der Waals surface area (Å²) < 4.78 is 0. The molecule has 0 bridgehead atoms. The number of hydrogen-bond donors (Lipinski definition) is 3. The fourth-order valence-electron chi connectivity index (χ4n) is 1.19. The van der Waals surface area contributed by atoms with Crippen LogP contribution in [-0.2, 0) is 6.42 Å². The summed E-state index contributed by atoms with van der Waals surface area (Å²) in [5, 5.41) is 18.5. The highest BCUT2D eigenvalue weighted by Gasteiger charge is 2.14. The second kappa shape index (κ2) is 3.26. The summed E-state index contributed by atoms with van der Waals surface area (Å²) in [7, 11) is 0. The molecule has 0 aliphatic rings. The summed E-state index contributed by atoms with van der Waals surface area (Å²) in [6, 6.07) is 4.54. The summed E-state index contributed by atoms with van der Waals surface area (Å²) in [5.41, 5.74) is 6.20. The second-order valence-corrected chi connectivity index (χ2v) is 3.98. The van der Waals surface area contributed by atoms with Crippen LogP contribution in [0.2, 0.25) is 0 Å². The van der Waals surface area contributed by atoms with Crippen molar-refractivity contribution < 1.29 is 10.2 Å². The van der Waals surface area contributed by atoms with Crippen LogP contribution in [0.15, 0.2) is 18.2 Å². The molecule has 0 saturated carbocycles. The van der Waals surface area contributed by atoms with E-state index in [0.29, 0.717) is 6.42 Å². The van der Waals surface area contributed by atoms with E-state index in [9.17, 15) is 5.11 Å². The quantitative estimate of drug-likeness (QED) is 0.645. The highest BCUT2D eigenvalue weighted by Crippen LogP contribution is 2.25. The fourth-order valence-corrected chi connectivity index (χ4v) is 1.19. The van der Waals surface area contributed by atoms with Gasteiger partial charge in [0.05, 0.1) is 0 Å². The number of aromatic hydroxyl groups is 2. The molecule has 3 heteroatoms. The van der Waals surface area contributed by atoms with Gasteiger partial charge < -0.3 is 15.9 Å². The molecule has 0 aliphatic carbocycles. The average Bonchev–Trinajstić information content (AvgIpc) is 1.93. The van der Waals surface area contributed by atoms with Crippen molar-refractivity contribution in [2.75, 3.05) is 0 Å². The molecule has 0 unspecified atom stereocenters. The van der Waals surface area contributed by atoms with Crippen LogP contribution in [0.4, 0.5) is 0 Å². The van der Waals surface area contributed by atoms with Crippen molar-refractivity contribution in [1.29, 1.82) is 0 Å². The molecule has 1 aromatic rings. The Morgan fingerprint density at radius 2 is 1.92 bits per heavy atom. The number of hydrogen-bond acceptors (Lipinski definition) is 3. The van der Waals surface area contributed by atoms with Crippen LogP contribution in [0.5, 0.6) is 11.5 Å². The molecule has 1 aromatic carbocycles. The van der Waals surface area contributed by atoms with Crippen molar-refractivity contribution in [1.82, 2.24) is 0 Å². The SMILES string of the molecule is CC(C)(N)Cc1ccc(O)cc1O. The highest BCUT2D eigenvalue weighted by molar-refractivity contribution is 5.39. The van der Waals surface area contributed by atoms with E-state index in [2.05, 4.69) is 0 Å². The van der Waals surface area contributed by atoms with E-state index in [1.807, 2.05) is 13.8 Å². The Labute approximate surface area is 77.8 Å². The molecule has 0 atom stereocenters. The van der Waals surface area contributed by atoms with Crippen molar-refractivity contribution in [2.24, 2.45) is 5.73 Å². The van der Waals surface area contributed by atoms with Gasteiger partial charge in [0.15, 0.2) is 0 Å². The van der Waals surface area contributed by atoms with E-state index in [1.54, 1.807) is 12.1 Å². The first kappa shape index (κ1) is 9.86. The van der Waals surface area contributed by atoms with Crippen LogP contribution in [0.25, 0.3) is 0 Å². The van der Waals surface area contributed by atoms with Crippen molar-refractivity contribution in [2.45, 2.75) is 25.8 Å². The molecule has 0 saturated heterocycles. The maximum Gasteiger partial charge on any atom is 0.122 e. The van der Waals surface area contributed by atoms with Gasteiger partial charge in [0.1, 0.15) is 11.5 Å². The van der Waals surface area contributed by atoms with Crippen LogP contribution < -0.4 is 5.73 Å². The lowest BCUT2D eigenvalue weighted by Gasteiger charge is -2.18. The number of phenols is 2. The molecular formula is C10H15NO2. The summed E-state index contributed by atoms with van der Waals surface area (Å²) in [6.45, 7) is 3.78. The lowest BCUT2D eigenvalue weighted by Crippen LogP contribution is -2.34. The van der Waals surface area contributed by atoms with Gasteiger partial charge in [-0.05, 0) is 31.9 Å². The first-order valence-electron chi connectivity index (χ1n) is 4.18. The van der Waals surface area contributed by atoms with E-state index >= 15 is 0 Å². The van der Waals surface area contributed by atoms with Gasteiger partial charge in [-0.15, -0.1) is 0 Å². The minimum absolute atomic E-state index is 0.0658. The summed E-state index contributed by atoms with van der Waals surface area (Å²) >= 11 is 0. The van der Waals surface area contributed by atoms with E-state index in [1.165, 1.54) is 6.07 Å². The van der Waals surface area contributed by atoms with E-state index in [0.717, 1.165) is 5.56 Å². The third kappa shape index (κ3) is 2.95. The summed E-state index contributed by atoms with van der Waals surface area (Å²) in [5.74, 6) is 0.162. The van der Waals surface area contributed by atoms with Crippen molar-refractivity contribution in [3.63, 3.8) is 0 Å². The van der Waals surface area contributed by atoms with Gasteiger partial charge >= 0.3 is 0 Å². The zero-order valence-electron chi connectivity index (χ0n) is 7.91. The standard InChI is InChI=1S/C10H15NO2/c1-10(2,11)6-7-3-4-8(12)5-9(7)13/h3-5,12-13H,6,11H2,1-2H3. The molecule has 0 spiro atoms. The van der Waals surface area contributed by atoms with Crippen LogP contribution in [0.3, 0.4) is 0 Å². The normalized spacial score (nSPS) is 11.6. The predicted octanol–water partition coefficient (Wildman–Crippen LogP) is 1.38. The topological polar surface area (TPSA) is 66.5 Å². The molecule has 0 aromatic heterocycles. The smallest absolute Gasteiger partial charge is 0.122 e. The van der Waals surface area contributed by atoms with Crippen LogP contribution in [-0.4, -0.2) is 15.8 Å². The van der Waals surface area contributed by atoms with E-state index < -0.39 is 0 Å². The van der Waals surface area contributed by atoms with Crippen LogP contribution in [0.1, 0.15) is 19.4 Å². The van der Waals surface area contributed by atoms with Crippen LogP contribution >= 0.6 is 0 Å². The van der Waals surface area contributed by atoms with Crippen LogP contribution in [0, 0.1) is 0 Å². The Morgan fingerprint density at radius 3 is 2.38 bits per heavy atom. The Kier molecular flexibility index (Phi) is 2.48. The second-order valence-electron chi connectivity index (χ2n) is 3.98. The van der Waals surface area contributed by atoms with Gasteiger partial charge in [-0.25, -0.2) is 0 Å². The minimum Gasteiger partial charge on any atom is -0.508 e. The zero-order valence-corrected chi connectivity index (χ0v) is 7.91. The maximum absolute atomic E-state index is 9.44. The van der Waals surface area contributed by atoms with Gasteiger partial charge in [-0.1, -0.05) is 6.07 Å². The number of nitrogens with two attached hydrogens (primary N) is 1. The maximum atomic E-state index is 9.44. The first-order valence-corrected chi connectivity index (χ1v) is 4.18. The number of benzene rings is 1. The zero-order chi connectivity index (χ0) is 10.1. The Bertz CT molecular complexity index is 302. The number of phenolic OH excluding ortho intramolecular Hbond substituents is 2. The van der Waals surface area contributed by atoms with Gasteiger partial charge in [0.2, 0.25) is 0 Å². The molecule has 0 radical (unpaired) electrons. The molecule has 4 N–H and O–H groups in total. The molecular weight excluding hydrogens is 166 g/mol. The lowest BCUT2D eigenvalue weighted by molar-refractivity contribution is 0.435. The molecule has 72 valence electrons. The molecule has 0 amide bonds. The van der Waals surface area contributed by atoms with Gasteiger partial charge in [-0.3, -0.25) is 0 Å². The monoisotopic (exact) mass is 181 g/mol. The lowest BCUT2D eigenvalue weighted by atomic mass is 9.95. The van der Waals surface area contributed by atoms with Gasteiger partial charge in [0.25, 0.3) is 0 Å². The highest BCUT2D eigenvalue weighted by atomic mass is 16.3. The molecule has 0 heterocycles. The van der Waals surface area contributed by atoms with Crippen molar-refractivity contribution >= 4 is 0 Å². The minimum atomic E-state index is -0.353. The van der Waals surface area contributed by atoms with E-state index in [-0.39, 0.29) is 17.0 Å². The Balaban J connectivity index is 2.90. The van der Waals surface area contributed by atoms with Gasteiger partial charge in [0, 0.05) is 11.6 Å². The molecule has 1 rings (SSSR count). The average molecular weight is 181 g/mol. The van der Waals surface area contributed by atoms with Crippen molar-refractivity contribution in [3.05, 3.63) is 23.8 Å². The summed E-state index contributed by atoms with van der Waals surface area (Å²) in [6.07, 6.45) is 0.582. The number of rotatable bonds is 2. The first-order chi connectivity index (χ1) is 5.88. The predicted molar refractivity (Wildman–Crippen MR) is 51.7 cm³/mol. The molecule has 0 aliphatic heterocycles. The molecule has 3 nitrogen and oxygen atoms in total. The van der Waals surface area contributed by atoms with E-state index in [4.69, 9.17) is 10.8 Å². The molecule has 0 fully saturated rings. The van der Waals surface area contributed by atoms with Gasteiger partial charge in [-0.2, -0.15) is 0 Å². The third-order valence-corrected chi connectivity index (χ3v) is 1.71. The Hall–Kier alpha value is -1.22. The fraction of sp³-hybridized carbons (Fsp3) is 0.400.